The van der Waals surface area contributed by atoms with E-state index in [9.17, 15) is 9.59 Å². The van der Waals surface area contributed by atoms with Crippen molar-refractivity contribution < 1.29 is 14.6 Å². The maximum atomic E-state index is 12.7. The molecule has 3 aromatic carbocycles. The number of hydrogen-bond acceptors (Lipinski definition) is 4. The van der Waals surface area contributed by atoms with Crippen molar-refractivity contribution in [2.45, 2.75) is 44.6 Å². The molecule has 0 saturated heterocycles. The first-order valence-corrected chi connectivity index (χ1v) is 13.1. The van der Waals surface area contributed by atoms with Crippen LogP contribution in [0.5, 0.6) is 5.75 Å². The normalized spacial score (nSPS) is 13.8. The number of rotatable bonds is 12. The fourth-order valence-electron chi connectivity index (χ4n) is 4.93. The Bertz CT molecular complexity index is 1390. The maximum Gasteiger partial charge on any atom is 0.304 e. The molecule has 1 saturated carbocycles. The summed E-state index contributed by atoms with van der Waals surface area (Å²) in [6.07, 6.45) is 3.48. The molecule has 0 atom stereocenters. The first-order chi connectivity index (χ1) is 18.5. The second-order valence-corrected chi connectivity index (χ2v) is 10.2. The SMILES string of the molecule is O=C(O)CC1(COc2cccc(CCCn3nc(C(c4ccccc4)c4ccccc4)ccc3=O)c2)CC1. The van der Waals surface area contributed by atoms with E-state index in [0.29, 0.717) is 13.2 Å². The minimum Gasteiger partial charge on any atom is -0.493 e. The predicted octanol–water partition coefficient (Wildman–Crippen LogP) is 5.69. The predicted molar refractivity (Wildman–Crippen MR) is 147 cm³/mol. The van der Waals surface area contributed by atoms with Gasteiger partial charge in [0.1, 0.15) is 5.75 Å². The Morgan fingerprint density at radius 3 is 2.24 bits per heavy atom. The van der Waals surface area contributed by atoms with Gasteiger partial charge in [-0.25, -0.2) is 4.68 Å². The number of carboxylic acids is 1. The molecule has 1 heterocycles. The van der Waals surface area contributed by atoms with Crippen molar-refractivity contribution in [3.63, 3.8) is 0 Å². The summed E-state index contributed by atoms with van der Waals surface area (Å²) in [5.41, 5.74) is 3.89. The van der Waals surface area contributed by atoms with Crippen LogP contribution >= 0.6 is 0 Å². The zero-order chi connectivity index (χ0) is 26.4. The highest BCUT2D eigenvalue weighted by Gasteiger charge is 2.45. The minimum atomic E-state index is -0.772. The van der Waals surface area contributed by atoms with E-state index in [1.165, 1.54) is 0 Å². The summed E-state index contributed by atoms with van der Waals surface area (Å²) in [7, 11) is 0. The lowest BCUT2D eigenvalue weighted by atomic mass is 9.88. The summed E-state index contributed by atoms with van der Waals surface area (Å²) < 4.78 is 7.52. The van der Waals surface area contributed by atoms with E-state index in [0.717, 1.165) is 53.8 Å². The van der Waals surface area contributed by atoms with Crippen molar-refractivity contribution in [3.05, 3.63) is 130 Å². The Labute approximate surface area is 222 Å². The molecule has 5 rings (SSSR count). The summed E-state index contributed by atoms with van der Waals surface area (Å²) >= 11 is 0. The number of carbonyl (C=O) groups is 1. The number of benzene rings is 3. The third-order valence-electron chi connectivity index (χ3n) is 7.21. The van der Waals surface area contributed by atoms with Crippen LogP contribution in [0.1, 0.15) is 54.0 Å². The molecule has 0 radical (unpaired) electrons. The minimum absolute atomic E-state index is 0.0611. The largest absolute Gasteiger partial charge is 0.493 e. The number of ether oxygens (including phenoxy) is 1. The summed E-state index contributed by atoms with van der Waals surface area (Å²) in [5.74, 6) is -0.0781. The van der Waals surface area contributed by atoms with Crippen LogP contribution in [-0.4, -0.2) is 27.5 Å². The molecule has 1 aliphatic carbocycles. The van der Waals surface area contributed by atoms with E-state index < -0.39 is 5.97 Å². The highest BCUT2D eigenvalue weighted by Crippen LogP contribution is 2.49. The fraction of sp³-hybridized carbons (Fsp3) is 0.281. The van der Waals surface area contributed by atoms with Crippen molar-refractivity contribution in [1.82, 2.24) is 9.78 Å². The van der Waals surface area contributed by atoms with Crippen LogP contribution < -0.4 is 10.3 Å². The first-order valence-electron chi connectivity index (χ1n) is 13.1. The maximum absolute atomic E-state index is 12.7. The topological polar surface area (TPSA) is 81.4 Å². The number of aromatic nitrogens is 2. The monoisotopic (exact) mass is 508 g/mol. The summed E-state index contributed by atoms with van der Waals surface area (Å²) in [6, 6.07) is 31.8. The highest BCUT2D eigenvalue weighted by atomic mass is 16.5. The van der Waals surface area contributed by atoms with Gasteiger partial charge >= 0.3 is 5.97 Å². The molecule has 4 aromatic rings. The van der Waals surface area contributed by atoms with Crippen LogP contribution in [0.15, 0.2) is 102 Å². The molecule has 1 fully saturated rings. The Morgan fingerprint density at radius 1 is 0.921 bits per heavy atom. The molecular formula is C32H32N2O4. The van der Waals surface area contributed by atoms with Gasteiger partial charge in [0.15, 0.2) is 0 Å². The molecule has 194 valence electrons. The van der Waals surface area contributed by atoms with Crippen LogP contribution in [0.25, 0.3) is 0 Å². The number of aryl methyl sites for hydroxylation is 2. The number of nitrogens with zero attached hydrogens (tertiary/aromatic N) is 2. The van der Waals surface area contributed by atoms with Crippen molar-refractivity contribution in [1.29, 1.82) is 0 Å². The Kier molecular flexibility index (Phi) is 7.68. The average molecular weight is 509 g/mol. The molecule has 0 spiro atoms. The van der Waals surface area contributed by atoms with Crippen LogP contribution in [0.4, 0.5) is 0 Å². The van der Waals surface area contributed by atoms with Crippen molar-refractivity contribution >= 4 is 5.97 Å². The van der Waals surface area contributed by atoms with E-state index >= 15 is 0 Å². The van der Waals surface area contributed by atoms with Crippen LogP contribution in [0.3, 0.4) is 0 Å². The Morgan fingerprint density at radius 2 is 1.61 bits per heavy atom. The van der Waals surface area contributed by atoms with Crippen LogP contribution in [-0.2, 0) is 17.8 Å². The quantitative estimate of drug-likeness (QED) is 0.266. The molecule has 0 amide bonds. The second kappa shape index (κ2) is 11.5. The van der Waals surface area contributed by atoms with Gasteiger partial charge in [0.2, 0.25) is 0 Å². The van der Waals surface area contributed by atoms with Gasteiger partial charge < -0.3 is 9.84 Å². The fourth-order valence-corrected chi connectivity index (χ4v) is 4.93. The van der Waals surface area contributed by atoms with Crippen molar-refractivity contribution in [3.8, 4) is 5.75 Å². The molecule has 0 bridgehead atoms. The van der Waals surface area contributed by atoms with Crippen molar-refractivity contribution in [2.24, 2.45) is 5.41 Å². The highest BCUT2D eigenvalue weighted by molar-refractivity contribution is 5.68. The van der Waals surface area contributed by atoms with E-state index in [1.54, 1.807) is 10.7 Å². The zero-order valence-electron chi connectivity index (χ0n) is 21.3. The molecule has 6 heteroatoms. The molecule has 38 heavy (non-hydrogen) atoms. The van der Waals surface area contributed by atoms with Crippen LogP contribution in [0.2, 0.25) is 0 Å². The Balaban J connectivity index is 1.26. The summed E-state index contributed by atoms with van der Waals surface area (Å²) in [5, 5.41) is 13.9. The Hall–Kier alpha value is -4.19. The van der Waals surface area contributed by atoms with Gasteiger partial charge in [-0.15, -0.1) is 0 Å². The standard InChI is InChI=1S/C32H32N2O4/c35-29-17-16-28(31(25-11-3-1-4-12-25)26-13-5-2-6-14-26)33-34(29)20-8-10-24-9-7-15-27(21-24)38-23-32(18-19-32)22-30(36)37/h1-7,9,11-17,21,31H,8,10,18-20,22-23H2,(H,36,37). The average Bonchev–Trinajstić information content (AvgIpc) is 3.69. The summed E-state index contributed by atoms with van der Waals surface area (Å²) in [6.45, 7) is 0.939. The number of aliphatic carboxylic acids is 1. The lowest BCUT2D eigenvalue weighted by Crippen LogP contribution is -2.24. The van der Waals surface area contributed by atoms with Crippen LogP contribution in [0, 0.1) is 5.41 Å². The molecule has 6 nitrogen and oxygen atoms in total. The van der Waals surface area contributed by atoms with E-state index in [1.807, 2.05) is 66.7 Å². The number of carboxylic acid groups (broad SMARTS) is 1. The molecule has 0 aliphatic heterocycles. The van der Waals surface area contributed by atoms with Gasteiger partial charge in [-0.2, -0.15) is 5.10 Å². The molecule has 1 aliphatic rings. The number of hydrogen-bond donors (Lipinski definition) is 1. The first kappa shape index (κ1) is 25.5. The van der Waals surface area contributed by atoms with Crippen molar-refractivity contribution in [2.75, 3.05) is 6.61 Å². The van der Waals surface area contributed by atoms with Gasteiger partial charge in [-0.1, -0.05) is 72.8 Å². The van der Waals surface area contributed by atoms with E-state index in [4.69, 9.17) is 14.9 Å². The van der Waals surface area contributed by atoms with Gasteiger partial charge in [0, 0.05) is 18.0 Å². The third-order valence-corrected chi connectivity index (χ3v) is 7.21. The smallest absolute Gasteiger partial charge is 0.304 e. The molecular weight excluding hydrogens is 476 g/mol. The van der Waals surface area contributed by atoms with Gasteiger partial charge in [0.25, 0.3) is 5.56 Å². The van der Waals surface area contributed by atoms with E-state index in [2.05, 4.69) is 24.3 Å². The molecule has 1 N–H and O–H groups in total. The lowest BCUT2D eigenvalue weighted by molar-refractivity contribution is -0.138. The summed E-state index contributed by atoms with van der Waals surface area (Å²) in [4.78, 5) is 23.8. The molecule has 1 aromatic heterocycles. The lowest BCUT2D eigenvalue weighted by Gasteiger charge is -2.18. The molecule has 0 unspecified atom stereocenters. The van der Waals surface area contributed by atoms with Gasteiger partial charge in [-0.05, 0) is 60.6 Å². The zero-order valence-corrected chi connectivity index (χ0v) is 21.3. The van der Waals surface area contributed by atoms with Gasteiger partial charge in [0.05, 0.1) is 24.6 Å². The van der Waals surface area contributed by atoms with Gasteiger partial charge in [-0.3, -0.25) is 9.59 Å². The third kappa shape index (κ3) is 6.38. The van der Waals surface area contributed by atoms with E-state index in [-0.39, 0.29) is 23.3 Å². The second-order valence-electron chi connectivity index (χ2n) is 10.2.